The summed E-state index contributed by atoms with van der Waals surface area (Å²) >= 11 is 0. The third-order valence-electron chi connectivity index (χ3n) is 4.82. The SMILES string of the molecule is Cc1cc(=O)c(C(=O)NCc2cccnc2-n2ccnc2)nn1-c1ccccc1C(F)(F)F. The van der Waals surface area contributed by atoms with E-state index in [9.17, 15) is 22.8 Å². The molecule has 0 fully saturated rings. The highest BCUT2D eigenvalue weighted by atomic mass is 19.4. The Bertz CT molecular complexity index is 1360. The molecule has 3 heterocycles. The van der Waals surface area contributed by atoms with E-state index < -0.39 is 28.8 Å². The first-order valence-electron chi connectivity index (χ1n) is 9.73. The van der Waals surface area contributed by atoms with Crippen molar-refractivity contribution in [1.29, 1.82) is 0 Å². The van der Waals surface area contributed by atoms with Gasteiger partial charge in [-0.05, 0) is 25.1 Å². The number of aryl methyl sites for hydroxylation is 1. The highest BCUT2D eigenvalue weighted by Crippen LogP contribution is 2.33. The van der Waals surface area contributed by atoms with Crippen LogP contribution in [0, 0.1) is 6.92 Å². The van der Waals surface area contributed by atoms with Crippen LogP contribution in [0.4, 0.5) is 13.2 Å². The number of imidazole rings is 1. The number of rotatable bonds is 5. The molecule has 0 unspecified atom stereocenters. The molecule has 0 radical (unpaired) electrons. The molecular weight excluding hydrogens is 437 g/mol. The van der Waals surface area contributed by atoms with Gasteiger partial charge in [-0.3, -0.25) is 14.2 Å². The van der Waals surface area contributed by atoms with E-state index in [0.29, 0.717) is 11.4 Å². The number of hydrogen-bond donors (Lipinski definition) is 1. The van der Waals surface area contributed by atoms with Crippen LogP contribution < -0.4 is 10.7 Å². The fourth-order valence-corrected chi connectivity index (χ4v) is 3.29. The summed E-state index contributed by atoms with van der Waals surface area (Å²) in [7, 11) is 0. The first-order valence-corrected chi connectivity index (χ1v) is 9.73. The quantitative estimate of drug-likeness (QED) is 0.500. The fourth-order valence-electron chi connectivity index (χ4n) is 3.29. The molecule has 1 aromatic carbocycles. The second-order valence-electron chi connectivity index (χ2n) is 7.06. The topological polar surface area (TPSA) is 94.7 Å². The molecule has 11 heteroatoms. The van der Waals surface area contributed by atoms with Gasteiger partial charge < -0.3 is 5.32 Å². The van der Waals surface area contributed by atoms with Gasteiger partial charge >= 0.3 is 6.18 Å². The summed E-state index contributed by atoms with van der Waals surface area (Å²) in [5.74, 6) is -0.289. The van der Waals surface area contributed by atoms with Gasteiger partial charge in [-0.25, -0.2) is 14.6 Å². The van der Waals surface area contributed by atoms with Crippen LogP contribution in [0.15, 0.2) is 72.2 Å². The Balaban J connectivity index is 1.66. The van der Waals surface area contributed by atoms with Crippen molar-refractivity contribution < 1.29 is 18.0 Å². The van der Waals surface area contributed by atoms with Gasteiger partial charge in [-0.1, -0.05) is 18.2 Å². The third-order valence-corrected chi connectivity index (χ3v) is 4.82. The second kappa shape index (κ2) is 8.69. The molecule has 3 aromatic heterocycles. The summed E-state index contributed by atoms with van der Waals surface area (Å²) in [4.78, 5) is 33.4. The molecule has 0 bridgehead atoms. The lowest BCUT2D eigenvalue weighted by atomic mass is 10.1. The summed E-state index contributed by atoms with van der Waals surface area (Å²) in [6.45, 7) is 1.45. The lowest BCUT2D eigenvalue weighted by Gasteiger charge is -2.16. The number of nitrogens with one attached hydrogen (secondary N) is 1. The highest BCUT2D eigenvalue weighted by molar-refractivity contribution is 5.92. The maximum atomic E-state index is 13.5. The number of benzene rings is 1. The molecule has 168 valence electrons. The van der Waals surface area contributed by atoms with Crippen LogP contribution in [0.25, 0.3) is 11.5 Å². The van der Waals surface area contributed by atoms with Crippen LogP contribution in [0.1, 0.15) is 27.3 Å². The molecule has 33 heavy (non-hydrogen) atoms. The van der Waals surface area contributed by atoms with Crippen molar-refractivity contribution in [3.8, 4) is 11.5 Å². The van der Waals surface area contributed by atoms with E-state index in [1.807, 2.05) is 0 Å². The monoisotopic (exact) mass is 454 g/mol. The standard InChI is InChI=1S/C22H17F3N6O2/c1-14-11-18(32)19(29-31(14)17-7-3-2-6-16(17)22(23,24)25)21(33)28-12-15-5-4-8-27-20(15)30-10-9-26-13-30/h2-11,13H,12H2,1H3,(H,28,33). The first kappa shape index (κ1) is 21.9. The number of halogens is 3. The van der Waals surface area contributed by atoms with Crippen molar-refractivity contribution in [3.63, 3.8) is 0 Å². The number of carbonyl (C=O) groups is 1. The van der Waals surface area contributed by atoms with Gasteiger partial charge in [0, 0.05) is 42.5 Å². The van der Waals surface area contributed by atoms with Crippen LogP contribution in [-0.4, -0.2) is 30.2 Å². The average molecular weight is 454 g/mol. The number of nitrogens with zero attached hydrogens (tertiary/aromatic N) is 5. The summed E-state index contributed by atoms with van der Waals surface area (Å²) < 4.78 is 43.0. The van der Waals surface area contributed by atoms with Gasteiger partial charge in [0.2, 0.25) is 5.43 Å². The molecule has 0 saturated heterocycles. The van der Waals surface area contributed by atoms with Crippen LogP contribution in [0.3, 0.4) is 0 Å². The minimum atomic E-state index is -4.64. The number of para-hydroxylation sites is 1. The zero-order chi connectivity index (χ0) is 23.6. The van der Waals surface area contributed by atoms with Gasteiger partial charge in [0.1, 0.15) is 12.1 Å². The summed E-state index contributed by atoms with van der Waals surface area (Å²) in [6.07, 6.45) is 1.76. The Morgan fingerprint density at radius 1 is 1.12 bits per heavy atom. The predicted molar refractivity (Wildman–Crippen MR) is 112 cm³/mol. The number of aromatic nitrogens is 5. The normalized spacial score (nSPS) is 11.4. The fraction of sp³-hybridized carbons (Fsp3) is 0.136. The number of pyridine rings is 1. The van der Waals surface area contributed by atoms with Crippen molar-refractivity contribution in [1.82, 2.24) is 29.6 Å². The lowest BCUT2D eigenvalue weighted by molar-refractivity contribution is -0.137. The first-order chi connectivity index (χ1) is 15.8. The molecule has 0 aliphatic rings. The molecule has 8 nitrogen and oxygen atoms in total. The Kier molecular flexibility index (Phi) is 5.78. The zero-order valence-electron chi connectivity index (χ0n) is 17.2. The van der Waals surface area contributed by atoms with Gasteiger partial charge in [0.15, 0.2) is 5.69 Å². The third kappa shape index (κ3) is 4.52. The van der Waals surface area contributed by atoms with Crippen molar-refractivity contribution >= 4 is 5.91 Å². The Labute approximate surface area is 185 Å². The predicted octanol–water partition coefficient (Wildman–Crippen LogP) is 3.07. The van der Waals surface area contributed by atoms with E-state index >= 15 is 0 Å². The smallest absolute Gasteiger partial charge is 0.346 e. The minimum absolute atomic E-state index is 0.00826. The van der Waals surface area contributed by atoms with E-state index in [2.05, 4.69) is 20.4 Å². The molecule has 0 aliphatic carbocycles. The molecular formula is C22H17F3N6O2. The van der Waals surface area contributed by atoms with E-state index in [0.717, 1.165) is 16.8 Å². The van der Waals surface area contributed by atoms with E-state index in [4.69, 9.17) is 0 Å². The largest absolute Gasteiger partial charge is 0.418 e. The van der Waals surface area contributed by atoms with E-state index in [1.54, 1.807) is 41.6 Å². The summed E-state index contributed by atoms with van der Waals surface area (Å²) in [5.41, 5.74) is -1.65. The van der Waals surface area contributed by atoms with Crippen LogP contribution >= 0.6 is 0 Å². The Morgan fingerprint density at radius 2 is 1.91 bits per heavy atom. The molecule has 4 aromatic rings. The minimum Gasteiger partial charge on any atom is -0.346 e. The molecule has 0 aliphatic heterocycles. The van der Waals surface area contributed by atoms with Crippen molar-refractivity contribution in [2.24, 2.45) is 0 Å². The second-order valence-corrected chi connectivity index (χ2v) is 7.06. The van der Waals surface area contributed by atoms with Crippen molar-refractivity contribution in [3.05, 3.63) is 100 Å². The number of alkyl halides is 3. The van der Waals surface area contributed by atoms with Crippen molar-refractivity contribution in [2.45, 2.75) is 19.6 Å². The maximum absolute atomic E-state index is 13.5. The molecule has 1 amide bonds. The lowest BCUT2D eigenvalue weighted by Crippen LogP contribution is -2.32. The summed E-state index contributed by atoms with van der Waals surface area (Å²) in [6, 6.07) is 9.32. The molecule has 4 rings (SSSR count). The molecule has 0 spiro atoms. The van der Waals surface area contributed by atoms with Crippen LogP contribution in [-0.2, 0) is 12.7 Å². The molecule has 0 atom stereocenters. The van der Waals surface area contributed by atoms with Gasteiger partial charge in [-0.2, -0.15) is 18.3 Å². The van der Waals surface area contributed by atoms with Gasteiger partial charge in [0.05, 0.1) is 11.3 Å². The van der Waals surface area contributed by atoms with Crippen LogP contribution in [0.5, 0.6) is 0 Å². The average Bonchev–Trinajstić information content (AvgIpc) is 3.32. The molecule has 0 saturated carbocycles. The Morgan fingerprint density at radius 3 is 2.64 bits per heavy atom. The van der Waals surface area contributed by atoms with Crippen LogP contribution in [0.2, 0.25) is 0 Å². The van der Waals surface area contributed by atoms with E-state index in [-0.39, 0.29) is 17.9 Å². The maximum Gasteiger partial charge on any atom is 0.418 e. The number of carbonyl (C=O) groups excluding carboxylic acids is 1. The summed E-state index contributed by atoms with van der Waals surface area (Å²) in [5, 5.41) is 6.55. The van der Waals surface area contributed by atoms with E-state index in [1.165, 1.54) is 25.1 Å². The number of amides is 1. The Hall–Kier alpha value is -4.28. The van der Waals surface area contributed by atoms with Crippen molar-refractivity contribution in [2.75, 3.05) is 0 Å². The zero-order valence-corrected chi connectivity index (χ0v) is 17.2. The number of hydrogen-bond acceptors (Lipinski definition) is 5. The van der Waals surface area contributed by atoms with Gasteiger partial charge in [-0.15, -0.1) is 0 Å². The highest BCUT2D eigenvalue weighted by Gasteiger charge is 2.34. The molecule has 1 N–H and O–H groups in total. The van der Waals surface area contributed by atoms with Gasteiger partial charge in [0.25, 0.3) is 5.91 Å².